The van der Waals surface area contributed by atoms with Crippen molar-refractivity contribution in [2.75, 3.05) is 13.6 Å². The van der Waals surface area contributed by atoms with Crippen molar-refractivity contribution in [2.24, 2.45) is 11.7 Å². The zero-order chi connectivity index (χ0) is 12.7. The molecule has 1 amide bonds. The van der Waals surface area contributed by atoms with Crippen LogP contribution in [0.25, 0.3) is 0 Å². The van der Waals surface area contributed by atoms with Crippen LogP contribution in [0.1, 0.15) is 58.3 Å². The van der Waals surface area contributed by atoms with Crippen LogP contribution in [-0.4, -0.2) is 30.4 Å². The van der Waals surface area contributed by atoms with E-state index in [1.165, 1.54) is 25.7 Å². The van der Waals surface area contributed by atoms with E-state index in [9.17, 15) is 4.79 Å². The van der Waals surface area contributed by atoms with Crippen molar-refractivity contribution >= 4 is 5.91 Å². The number of rotatable bonds is 6. The number of hydrogen-bond donors (Lipinski definition) is 1. The molecule has 3 nitrogen and oxygen atoms in total. The molecule has 0 aromatic rings. The number of hydrogen-bond acceptors (Lipinski definition) is 2. The van der Waals surface area contributed by atoms with Crippen LogP contribution in [0.4, 0.5) is 0 Å². The lowest BCUT2D eigenvalue weighted by Gasteiger charge is -2.33. The number of unbranched alkanes of at least 4 members (excludes halogenated alkanes) is 2. The fourth-order valence-electron chi connectivity index (χ4n) is 2.61. The molecule has 0 heterocycles. The third kappa shape index (κ3) is 5.07. The quantitative estimate of drug-likeness (QED) is 0.725. The Morgan fingerprint density at radius 2 is 1.82 bits per heavy atom. The first-order valence-electron chi connectivity index (χ1n) is 7.11. The Bertz CT molecular complexity index is 222. The summed E-state index contributed by atoms with van der Waals surface area (Å²) in [6, 6.07) is 0.494. The predicted molar refractivity (Wildman–Crippen MR) is 71.7 cm³/mol. The number of carbonyl (C=O) groups excluding carboxylic acids is 1. The van der Waals surface area contributed by atoms with Crippen LogP contribution in [0.15, 0.2) is 0 Å². The van der Waals surface area contributed by atoms with Crippen LogP contribution in [0.2, 0.25) is 0 Å². The van der Waals surface area contributed by atoms with Crippen LogP contribution in [-0.2, 0) is 4.79 Å². The lowest BCUT2D eigenvalue weighted by atomic mass is 9.86. The van der Waals surface area contributed by atoms with E-state index in [0.717, 1.165) is 31.7 Å². The summed E-state index contributed by atoms with van der Waals surface area (Å²) in [5, 5.41) is 0. The number of carbonyl (C=O) groups is 1. The van der Waals surface area contributed by atoms with Gasteiger partial charge >= 0.3 is 0 Å². The van der Waals surface area contributed by atoms with E-state index in [2.05, 4.69) is 6.92 Å². The van der Waals surface area contributed by atoms with Gasteiger partial charge in [0.05, 0.1) is 0 Å². The zero-order valence-corrected chi connectivity index (χ0v) is 11.5. The fraction of sp³-hybridized carbons (Fsp3) is 0.929. The van der Waals surface area contributed by atoms with Crippen molar-refractivity contribution in [2.45, 2.75) is 64.3 Å². The van der Waals surface area contributed by atoms with Crippen molar-refractivity contribution in [3.8, 4) is 0 Å². The highest BCUT2D eigenvalue weighted by molar-refractivity contribution is 5.76. The van der Waals surface area contributed by atoms with Crippen molar-refractivity contribution in [1.82, 2.24) is 4.90 Å². The zero-order valence-electron chi connectivity index (χ0n) is 11.5. The largest absolute Gasteiger partial charge is 0.343 e. The van der Waals surface area contributed by atoms with Crippen molar-refractivity contribution in [3.05, 3.63) is 0 Å². The minimum absolute atomic E-state index is 0.321. The minimum Gasteiger partial charge on any atom is -0.343 e. The second-order valence-corrected chi connectivity index (χ2v) is 5.52. The molecule has 0 aliphatic heterocycles. The second-order valence-electron chi connectivity index (χ2n) is 5.52. The maximum atomic E-state index is 12.0. The number of nitrogens with two attached hydrogens (primary N) is 1. The van der Waals surface area contributed by atoms with E-state index in [1.807, 2.05) is 11.9 Å². The van der Waals surface area contributed by atoms with Crippen molar-refractivity contribution in [1.29, 1.82) is 0 Å². The molecule has 1 fully saturated rings. The second kappa shape index (κ2) is 7.70. The van der Waals surface area contributed by atoms with E-state index in [0.29, 0.717) is 18.4 Å². The molecule has 0 spiro atoms. The van der Waals surface area contributed by atoms with Gasteiger partial charge in [-0.25, -0.2) is 0 Å². The molecule has 1 rings (SSSR count). The molecule has 1 aliphatic carbocycles. The molecule has 0 atom stereocenters. The first-order chi connectivity index (χ1) is 8.15. The summed E-state index contributed by atoms with van der Waals surface area (Å²) in [7, 11) is 1.98. The van der Waals surface area contributed by atoms with Crippen LogP contribution >= 0.6 is 0 Å². The molecule has 2 N–H and O–H groups in total. The van der Waals surface area contributed by atoms with Gasteiger partial charge in [0.2, 0.25) is 5.91 Å². The molecule has 0 radical (unpaired) electrons. The van der Waals surface area contributed by atoms with E-state index in [1.54, 1.807) is 0 Å². The first-order valence-corrected chi connectivity index (χ1v) is 7.11. The monoisotopic (exact) mass is 240 g/mol. The normalized spacial score (nSPS) is 24.6. The maximum absolute atomic E-state index is 12.0. The maximum Gasteiger partial charge on any atom is 0.222 e. The SMILES string of the molecule is CC1CCC(N(C)C(=O)CCCCCN)CC1. The summed E-state index contributed by atoms with van der Waals surface area (Å²) >= 11 is 0. The molecule has 1 aliphatic rings. The minimum atomic E-state index is 0.321. The molecular formula is C14H28N2O. The van der Waals surface area contributed by atoms with Gasteiger partial charge in [-0.1, -0.05) is 13.3 Å². The van der Waals surface area contributed by atoms with Crippen LogP contribution < -0.4 is 5.73 Å². The molecule has 3 heteroatoms. The molecule has 0 aromatic heterocycles. The van der Waals surface area contributed by atoms with Crippen molar-refractivity contribution in [3.63, 3.8) is 0 Å². The molecule has 0 saturated heterocycles. The highest BCUT2D eigenvalue weighted by atomic mass is 16.2. The van der Waals surface area contributed by atoms with Gasteiger partial charge in [0.15, 0.2) is 0 Å². The highest BCUT2D eigenvalue weighted by Gasteiger charge is 2.24. The summed E-state index contributed by atoms with van der Waals surface area (Å²) in [5.74, 6) is 1.17. The van der Waals surface area contributed by atoms with Gasteiger partial charge in [0, 0.05) is 19.5 Å². The van der Waals surface area contributed by atoms with E-state index in [-0.39, 0.29) is 0 Å². The lowest BCUT2D eigenvalue weighted by Crippen LogP contribution is -2.39. The third-order valence-electron chi connectivity index (χ3n) is 4.02. The molecule has 1 saturated carbocycles. The van der Waals surface area contributed by atoms with Gasteiger partial charge < -0.3 is 10.6 Å². The Morgan fingerprint density at radius 1 is 1.18 bits per heavy atom. The topological polar surface area (TPSA) is 46.3 Å². The summed E-state index contributed by atoms with van der Waals surface area (Å²) in [4.78, 5) is 14.0. The van der Waals surface area contributed by atoms with Gasteiger partial charge in [-0.15, -0.1) is 0 Å². The number of amides is 1. The van der Waals surface area contributed by atoms with E-state index < -0.39 is 0 Å². The van der Waals surface area contributed by atoms with Gasteiger partial charge in [-0.05, 0) is 51.0 Å². The first kappa shape index (κ1) is 14.5. The van der Waals surface area contributed by atoms with Gasteiger partial charge in [-0.2, -0.15) is 0 Å². The fourth-order valence-corrected chi connectivity index (χ4v) is 2.61. The molecule has 0 aromatic carbocycles. The number of nitrogens with zero attached hydrogens (tertiary/aromatic N) is 1. The molecule has 0 unspecified atom stereocenters. The van der Waals surface area contributed by atoms with Crippen LogP contribution in [0.3, 0.4) is 0 Å². The lowest BCUT2D eigenvalue weighted by molar-refractivity contribution is -0.132. The van der Waals surface area contributed by atoms with Gasteiger partial charge in [0.25, 0.3) is 0 Å². The molecule has 17 heavy (non-hydrogen) atoms. The summed E-state index contributed by atoms with van der Waals surface area (Å²) < 4.78 is 0. The molecule has 0 bridgehead atoms. The summed E-state index contributed by atoms with van der Waals surface area (Å²) in [5.41, 5.74) is 5.44. The molecule has 100 valence electrons. The van der Waals surface area contributed by atoms with Crippen molar-refractivity contribution < 1.29 is 4.79 Å². The van der Waals surface area contributed by atoms with Crippen LogP contribution in [0.5, 0.6) is 0 Å². The Balaban J connectivity index is 2.21. The Kier molecular flexibility index (Phi) is 6.56. The smallest absolute Gasteiger partial charge is 0.222 e. The standard InChI is InChI=1S/C14H28N2O/c1-12-7-9-13(10-8-12)16(2)14(17)6-4-3-5-11-15/h12-13H,3-11,15H2,1-2H3. The summed E-state index contributed by atoms with van der Waals surface area (Å²) in [6.07, 6.45) is 8.73. The Labute approximate surface area is 106 Å². The Hall–Kier alpha value is -0.570. The predicted octanol–water partition coefficient (Wildman–Crippen LogP) is 2.54. The third-order valence-corrected chi connectivity index (χ3v) is 4.02. The van der Waals surface area contributed by atoms with Crippen LogP contribution in [0, 0.1) is 5.92 Å². The molecular weight excluding hydrogens is 212 g/mol. The summed E-state index contributed by atoms with van der Waals surface area (Å²) in [6.45, 7) is 3.05. The average Bonchev–Trinajstić information content (AvgIpc) is 2.34. The Morgan fingerprint density at radius 3 is 2.41 bits per heavy atom. The van der Waals surface area contributed by atoms with E-state index >= 15 is 0 Å². The average molecular weight is 240 g/mol. The highest BCUT2D eigenvalue weighted by Crippen LogP contribution is 2.26. The van der Waals surface area contributed by atoms with E-state index in [4.69, 9.17) is 5.73 Å². The van der Waals surface area contributed by atoms with Gasteiger partial charge in [-0.3, -0.25) is 4.79 Å². The van der Waals surface area contributed by atoms with Gasteiger partial charge in [0.1, 0.15) is 0 Å².